The highest BCUT2D eigenvalue weighted by Gasteiger charge is 2.06. The molecule has 0 unspecified atom stereocenters. The lowest BCUT2D eigenvalue weighted by atomic mass is 10.0. The van der Waals surface area contributed by atoms with Crippen LogP contribution in [0.3, 0.4) is 0 Å². The van der Waals surface area contributed by atoms with Gasteiger partial charge >= 0.3 is 11.8 Å². The van der Waals surface area contributed by atoms with Crippen LogP contribution in [0, 0.1) is 5.92 Å². The second-order valence-corrected chi connectivity index (χ2v) is 4.78. The van der Waals surface area contributed by atoms with E-state index < -0.39 is 11.8 Å². The van der Waals surface area contributed by atoms with Gasteiger partial charge in [0, 0.05) is 6.54 Å². The molecule has 4 nitrogen and oxygen atoms in total. The highest BCUT2D eigenvalue weighted by Crippen LogP contribution is 2.09. The zero-order chi connectivity index (χ0) is 13.5. The topological polar surface area (TPSA) is 72.2 Å². The lowest BCUT2D eigenvalue weighted by molar-refractivity contribution is -0.137. The molecule has 0 saturated carbocycles. The summed E-state index contributed by atoms with van der Waals surface area (Å²) >= 11 is 0. The van der Waals surface area contributed by atoms with Crippen LogP contribution in [0.25, 0.3) is 0 Å². The Kier molecular flexibility index (Phi) is 5.36. The fraction of sp³-hybridized carbons (Fsp3) is 0.429. The van der Waals surface area contributed by atoms with Crippen molar-refractivity contribution < 1.29 is 9.59 Å². The molecule has 0 atom stereocenters. The monoisotopic (exact) mass is 248 g/mol. The Morgan fingerprint density at radius 2 is 1.72 bits per heavy atom. The Balaban J connectivity index is 2.39. The van der Waals surface area contributed by atoms with Gasteiger partial charge in [-0.1, -0.05) is 38.1 Å². The van der Waals surface area contributed by atoms with E-state index in [2.05, 4.69) is 31.3 Å². The maximum Gasteiger partial charge on any atom is 0.309 e. The Morgan fingerprint density at radius 1 is 1.17 bits per heavy atom. The zero-order valence-electron chi connectivity index (χ0n) is 10.9. The highest BCUT2D eigenvalue weighted by molar-refractivity contribution is 6.34. The third kappa shape index (κ3) is 4.99. The van der Waals surface area contributed by atoms with E-state index in [-0.39, 0.29) is 0 Å². The minimum Gasteiger partial charge on any atom is -0.361 e. The molecule has 0 aromatic heterocycles. The number of primary amides is 1. The van der Waals surface area contributed by atoms with Crippen molar-refractivity contribution in [3.05, 3.63) is 35.4 Å². The lowest BCUT2D eigenvalue weighted by Gasteiger charge is -2.07. The molecule has 0 aliphatic carbocycles. The minimum atomic E-state index is -0.942. The predicted molar refractivity (Wildman–Crippen MR) is 70.9 cm³/mol. The maximum atomic E-state index is 10.9. The summed E-state index contributed by atoms with van der Waals surface area (Å²) < 4.78 is 0. The molecular weight excluding hydrogens is 228 g/mol. The number of benzene rings is 1. The largest absolute Gasteiger partial charge is 0.361 e. The number of nitrogens with two attached hydrogens (primary N) is 1. The molecule has 1 aromatic rings. The molecule has 0 heterocycles. The fourth-order valence-electron chi connectivity index (χ4n) is 1.72. The summed E-state index contributed by atoms with van der Waals surface area (Å²) in [4.78, 5) is 21.4. The summed E-state index contributed by atoms with van der Waals surface area (Å²) in [5, 5.41) is 2.46. The molecule has 2 amide bonds. The van der Waals surface area contributed by atoms with Crippen LogP contribution in [0.2, 0.25) is 0 Å². The van der Waals surface area contributed by atoms with Crippen molar-refractivity contribution in [2.24, 2.45) is 11.7 Å². The molecule has 18 heavy (non-hydrogen) atoms. The van der Waals surface area contributed by atoms with Crippen LogP contribution in [-0.4, -0.2) is 18.4 Å². The second kappa shape index (κ2) is 6.79. The standard InChI is InChI=1S/C14H20N2O2/c1-10(2)9-12-5-3-11(4-6-12)7-8-16-14(18)13(15)17/h3-6,10H,7-9H2,1-2H3,(H2,15,17)(H,16,18). The van der Waals surface area contributed by atoms with Gasteiger partial charge < -0.3 is 11.1 Å². The van der Waals surface area contributed by atoms with Crippen molar-refractivity contribution in [1.29, 1.82) is 0 Å². The van der Waals surface area contributed by atoms with Gasteiger partial charge in [0.25, 0.3) is 0 Å². The van der Waals surface area contributed by atoms with Gasteiger partial charge in [0.05, 0.1) is 0 Å². The van der Waals surface area contributed by atoms with Crippen LogP contribution in [0.15, 0.2) is 24.3 Å². The van der Waals surface area contributed by atoms with Crippen molar-refractivity contribution in [2.75, 3.05) is 6.54 Å². The van der Waals surface area contributed by atoms with E-state index in [1.807, 2.05) is 12.1 Å². The first kappa shape index (κ1) is 14.2. The van der Waals surface area contributed by atoms with Crippen LogP contribution < -0.4 is 11.1 Å². The van der Waals surface area contributed by atoms with E-state index in [4.69, 9.17) is 5.73 Å². The van der Waals surface area contributed by atoms with Crippen LogP contribution in [0.1, 0.15) is 25.0 Å². The Bertz CT molecular complexity index is 410. The van der Waals surface area contributed by atoms with Gasteiger partial charge in [0.15, 0.2) is 0 Å². The average molecular weight is 248 g/mol. The first-order valence-electron chi connectivity index (χ1n) is 6.14. The van der Waals surface area contributed by atoms with Gasteiger partial charge in [-0.15, -0.1) is 0 Å². The minimum absolute atomic E-state index is 0.422. The summed E-state index contributed by atoms with van der Waals surface area (Å²) in [7, 11) is 0. The molecule has 0 aliphatic rings. The molecule has 0 saturated heterocycles. The van der Waals surface area contributed by atoms with Gasteiger partial charge in [-0.2, -0.15) is 0 Å². The number of hydrogen-bond donors (Lipinski definition) is 2. The van der Waals surface area contributed by atoms with Crippen molar-refractivity contribution in [3.8, 4) is 0 Å². The summed E-state index contributed by atoms with van der Waals surface area (Å²) in [5.74, 6) is -1.03. The van der Waals surface area contributed by atoms with E-state index in [0.29, 0.717) is 18.9 Å². The summed E-state index contributed by atoms with van der Waals surface area (Å²) in [6, 6.07) is 8.30. The molecule has 3 N–H and O–H groups in total. The molecule has 0 bridgehead atoms. The van der Waals surface area contributed by atoms with E-state index in [1.54, 1.807) is 0 Å². The van der Waals surface area contributed by atoms with E-state index >= 15 is 0 Å². The zero-order valence-corrected chi connectivity index (χ0v) is 10.9. The van der Waals surface area contributed by atoms with Gasteiger partial charge in [0.1, 0.15) is 0 Å². The van der Waals surface area contributed by atoms with E-state index in [1.165, 1.54) is 5.56 Å². The smallest absolute Gasteiger partial charge is 0.309 e. The maximum absolute atomic E-state index is 10.9. The predicted octanol–water partition coefficient (Wildman–Crippen LogP) is 1.03. The summed E-state index contributed by atoms with van der Waals surface area (Å²) in [6.07, 6.45) is 1.76. The van der Waals surface area contributed by atoms with Crippen LogP contribution in [-0.2, 0) is 22.4 Å². The summed E-state index contributed by atoms with van der Waals surface area (Å²) in [6.45, 7) is 4.80. The third-order valence-corrected chi connectivity index (χ3v) is 2.59. The molecule has 0 aliphatic heterocycles. The number of nitrogens with one attached hydrogen (secondary N) is 1. The van der Waals surface area contributed by atoms with Crippen molar-refractivity contribution in [3.63, 3.8) is 0 Å². The van der Waals surface area contributed by atoms with E-state index in [9.17, 15) is 9.59 Å². The van der Waals surface area contributed by atoms with E-state index in [0.717, 1.165) is 12.0 Å². The van der Waals surface area contributed by atoms with Crippen LogP contribution in [0.4, 0.5) is 0 Å². The van der Waals surface area contributed by atoms with Crippen LogP contribution in [0.5, 0.6) is 0 Å². The molecular formula is C14H20N2O2. The van der Waals surface area contributed by atoms with Gasteiger partial charge in [-0.05, 0) is 29.9 Å². The first-order chi connectivity index (χ1) is 8.49. The fourth-order valence-corrected chi connectivity index (χ4v) is 1.72. The highest BCUT2D eigenvalue weighted by atomic mass is 16.2. The van der Waals surface area contributed by atoms with Crippen LogP contribution >= 0.6 is 0 Å². The molecule has 98 valence electrons. The first-order valence-corrected chi connectivity index (χ1v) is 6.14. The number of rotatable bonds is 5. The molecule has 4 heteroatoms. The third-order valence-electron chi connectivity index (χ3n) is 2.59. The quantitative estimate of drug-likeness (QED) is 0.764. The van der Waals surface area contributed by atoms with Gasteiger partial charge in [0.2, 0.25) is 0 Å². The normalized spacial score (nSPS) is 10.4. The van der Waals surface area contributed by atoms with Crippen molar-refractivity contribution >= 4 is 11.8 Å². The molecule has 1 rings (SSSR count). The lowest BCUT2D eigenvalue weighted by Crippen LogP contribution is -2.37. The Morgan fingerprint density at radius 3 is 2.22 bits per heavy atom. The molecule has 1 aromatic carbocycles. The number of amides is 2. The SMILES string of the molecule is CC(C)Cc1ccc(CCNC(=O)C(N)=O)cc1. The number of carbonyl (C=O) groups is 2. The van der Waals surface area contributed by atoms with Gasteiger partial charge in [-0.3, -0.25) is 9.59 Å². The van der Waals surface area contributed by atoms with Crippen molar-refractivity contribution in [2.45, 2.75) is 26.7 Å². The van der Waals surface area contributed by atoms with Crippen molar-refractivity contribution in [1.82, 2.24) is 5.32 Å². The Hall–Kier alpha value is -1.84. The Labute approximate surface area is 108 Å². The average Bonchev–Trinajstić information content (AvgIpc) is 2.30. The number of carbonyl (C=O) groups excluding carboxylic acids is 2. The second-order valence-electron chi connectivity index (χ2n) is 4.78. The molecule has 0 spiro atoms. The number of hydrogen-bond acceptors (Lipinski definition) is 2. The molecule has 0 fully saturated rings. The van der Waals surface area contributed by atoms with Gasteiger partial charge in [-0.25, -0.2) is 0 Å². The summed E-state index contributed by atoms with van der Waals surface area (Å²) in [5.41, 5.74) is 7.28. The molecule has 0 radical (unpaired) electrons.